The molecule has 0 N–H and O–H groups in total. The Bertz CT molecular complexity index is 687. The van der Waals surface area contributed by atoms with Crippen molar-refractivity contribution in [3.63, 3.8) is 0 Å². The number of alkyl halides is 4. The lowest BCUT2D eigenvalue weighted by molar-refractivity contribution is 0.101. The molecule has 21 heavy (non-hydrogen) atoms. The Kier molecular flexibility index (Phi) is 4.26. The highest BCUT2D eigenvalue weighted by Gasteiger charge is 2.24. The van der Waals surface area contributed by atoms with Gasteiger partial charge < -0.3 is 0 Å². The van der Waals surface area contributed by atoms with E-state index >= 15 is 0 Å². The lowest BCUT2D eigenvalue weighted by Gasteiger charge is -2.09. The minimum Gasteiger partial charge on any atom is -0.294 e. The number of halogens is 5. The maximum Gasteiger partial charge on any atom is 0.282 e. The average molecular weight is 322 g/mol. The van der Waals surface area contributed by atoms with Crippen molar-refractivity contribution < 1.29 is 22.4 Å². The summed E-state index contributed by atoms with van der Waals surface area (Å²) in [5.41, 5.74) is -1.67. The van der Waals surface area contributed by atoms with Crippen molar-refractivity contribution >= 4 is 17.4 Å². The van der Waals surface area contributed by atoms with Gasteiger partial charge in [-0.05, 0) is 25.1 Å². The van der Waals surface area contributed by atoms with Gasteiger partial charge in [-0.2, -0.15) is 5.10 Å². The van der Waals surface area contributed by atoms with Crippen molar-refractivity contribution in [2.75, 3.05) is 0 Å². The zero-order valence-electron chi connectivity index (χ0n) is 10.5. The molecule has 0 saturated heterocycles. The van der Waals surface area contributed by atoms with Crippen LogP contribution in [-0.2, 0) is 0 Å². The quantitative estimate of drug-likeness (QED) is 0.486. The van der Waals surface area contributed by atoms with Crippen LogP contribution in [0.4, 0.5) is 17.6 Å². The van der Waals surface area contributed by atoms with Crippen molar-refractivity contribution in [3.8, 4) is 5.82 Å². The number of carbonyl (C=O) groups is 1. The van der Waals surface area contributed by atoms with Gasteiger partial charge in [-0.3, -0.25) is 4.79 Å². The highest BCUT2D eigenvalue weighted by molar-refractivity contribution is 6.29. The normalized spacial score (nSPS) is 11.4. The van der Waals surface area contributed by atoms with Crippen LogP contribution in [0, 0.1) is 0 Å². The number of hydrogen-bond acceptors (Lipinski definition) is 3. The van der Waals surface area contributed by atoms with E-state index in [1.54, 1.807) is 0 Å². The Morgan fingerprint density at radius 3 is 2.43 bits per heavy atom. The number of nitrogens with zero attached hydrogens (tertiary/aromatic N) is 3. The van der Waals surface area contributed by atoms with E-state index in [0.29, 0.717) is 10.7 Å². The zero-order valence-corrected chi connectivity index (χ0v) is 11.3. The van der Waals surface area contributed by atoms with Crippen molar-refractivity contribution in [2.24, 2.45) is 0 Å². The van der Waals surface area contributed by atoms with E-state index in [4.69, 9.17) is 11.6 Å². The van der Waals surface area contributed by atoms with Crippen LogP contribution >= 0.6 is 11.6 Å². The molecule has 9 heteroatoms. The fraction of sp³-hybridized carbons (Fsp3) is 0.250. The van der Waals surface area contributed by atoms with Crippen molar-refractivity contribution in [3.05, 3.63) is 40.3 Å². The van der Waals surface area contributed by atoms with Crippen LogP contribution in [0.2, 0.25) is 5.15 Å². The molecule has 0 bridgehead atoms. The molecule has 0 unspecified atom stereocenters. The molecular formula is C12H8ClF4N3O. The number of pyridine rings is 1. The minimum atomic E-state index is -3.06. The summed E-state index contributed by atoms with van der Waals surface area (Å²) in [6.07, 6.45) is -6.09. The van der Waals surface area contributed by atoms with Gasteiger partial charge in [0, 0.05) is 0 Å². The summed E-state index contributed by atoms with van der Waals surface area (Å²) in [5, 5.41) is 3.32. The Morgan fingerprint density at radius 2 is 1.90 bits per heavy atom. The van der Waals surface area contributed by atoms with Gasteiger partial charge in [0.05, 0.1) is 5.56 Å². The van der Waals surface area contributed by atoms with E-state index < -0.39 is 30.0 Å². The van der Waals surface area contributed by atoms with E-state index in [-0.39, 0.29) is 16.5 Å². The van der Waals surface area contributed by atoms with Gasteiger partial charge in [-0.25, -0.2) is 27.2 Å². The first-order chi connectivity index (χ1) is 9.81. The van der Waals surface area contributed by atoms with E-state index in [1.807, 2.05) is 0 Å². The van der Waals surface area contributed by atoms with E-state index in [9.17, 15) is 22.4 Å². The predicted octanol–water partition coefficient (Wildman–Crippen LogP) is 4.00. The number of aromatic nitrogens is 3. The van der Waals surface area contributed by atoms with Crippen LogP contribution in [-0.4, -0.2) is 20.5 Å². The summed E-state index contributed by atoms with van der Waals surface area (Å²) in [4.78, 5) is 15.3. The first kappa shape index (κ1) is 15.4. The first-order valence-corrected chi connectivity index (χ1v) is 6.03. The van der Waals surface area contributed by atoms with E-state index in [1.165, 1.54) is 19.1 Å². The Balaban J connectivity index is 2.71. The fourth-order valence-electron chi connectivity index (χ4n) is 1.71. The maximum atomic E-state index is 13.0. The molecule has 0 amide bonds. The molecule has 0 aliphatic carbocycles. The molecule has 2 aromatic heterocycles. The number of carbonyl (C=O) groups excluding carboxylic acids is 1. The number of rotatable bonds is 4. The molecule has 4 nitrogen and oxygen atoms in total. The van der Waals surface area contributed by atoms with Crippen LogP contribution in [0.15, 0.2) is 18.2 Å². The summed E-state index contributed by atoms with van der Waals surface area (Å²) in [5.74, 6) is -0.791. The highest BCUT2D eigenvalue weighted by Crippen LogP contribution is 2.28. The van der Waals surface area contributed by atoms with Gasteiger partial charge in [0.2, 0.25) is 0 Å². The summed E-state index contributed by atoms with van der Waals surface area (Å²) in [6, 6.07) is 3.13. The molecule has 0 aliphatic heterocycles. The second-order valence-corrected chi connectivity index (χ2v) is 4.46. The van der Waals surface area contributed by atoms with Crippen LogP contribution in [0.25, 0.3) is 5.82 Å². The predicted molar refractivity (Wildman–Crippen MR) is 66.3 cm³/mol. The SMILES string of the molecule is CC(=O)c1ccc(Cl)nc1-n1nc(C(F)F)cc1C(F)F. The maximum absolute atomic E-state index is 13.0. The van der Waals surface area contributed by atoms with Crippen LogP contribution in [0.1, 0.15) is 41.5 Å². The summed E-state index contributed by atoms with van der Waals surface area (Å²) >= 11 is 5.67. The molecular weight excluding hydrogens is 314 g/mol. The smallest absolute Gasteiger partial charge is 0.282 e. The van der Waals surface area contributed by atoms with Gasteiger partial charge >= 0.3 is 0 Å². The third-order valence-corrected chi connectivity index (χ3v) is 2.83. The lowest BCUT2D eigenvalue weighted by Crippen LogP contribution is -2.11. The third-order valence-electron chi connectivity index (χ3n) is 2.62. The molecule has 2 rings (SSSR count). The topological polar surface area (TPSA) is 47.8 Å². The van der Waals surface area contributed by atoms with Crippen LogP contribution in [0.3, 0.4) is 0 Å². The largest absolute Gasteiger partial charge is 0.294 e. The molecule has 2 aromatic rings. The molecule has 0 aliphatic rings. The number of hydrogen-bond donors (Lipinski definition) is 0. The van der Waals surface area contributed by atoms with E-state index in [2.05, 4.69) is 10.1 Å². The number of ketones is 1. The first-order valence-electron chi connectivity index (χ1n) is 5.65. The molecule has 0 spiro atoms. The fourth-order valence-corrected chi connectivity index (χ4v) is 1.85. The second-order valence-electron chi connectivity index (χ2n) is 4.07. The standard InChI is InChI=1S/C12H8ClF4N3O/c1-5(21)6-2-3-9(13)18-12(6)20-8(11(16)17)4-7(19-20)10(14)15/h2-4,10-11H,1H3. The van der Waals surface area contributed by atoms with Gasteiger partial charge in [-0.1, -0.05) is 11.6 Å². The highest BCUT2D eigenvalue weighted by atomic mass is 35.5. The van der Waals surface area contributed by atoms with Gasteiger partial charge in [-0.15, -0.1) is 0 Å². The Morgan fingerprint density at radius 1 is 1.24 bits per heavy atom. The van der Waals surface area contributed by atoms with Gasteiger partial charge in [0.25, 0.3) is 12.9 Å². The van der Waals surface area contributed by atoms with Crippen LogP contribution < -0.4 is 0 Å². The molecule has 2 heterocycles. The Hall–Kier alpha value is -1.96. The zero-order chi connectivity index (χ0) is 15.7. The molecule has 0 atom stereocenters. The van der Waals surface area contributed by atoms with Crippen molar-refractivity contribution in [2.45, 2.75) is 19.8 Å². The average Bonchev–Trinajstić information content (AvgIpc) is 2.83. The van der Waals surface area contributed by atoms with Crippen molar-refractivity contribution in [1.29, 1.82) is 0 Å². The van der Waals surface area contributed by atoms with Gasteiger partial charge in [0.15, 0.2) is 11.6 Å². The monoisotopic (exact) mass is 321 g/mol. The third kappa shape index (κ3) is 3.05. The minimum absolute atomic E-state index is 0.0507. The lowest BCUT2D eigenvalue weighted by atomic mass is 10.2. The molecule has 0 saturated carbocycles. The van der Waals surface area contributed by atoms with E-state index in [0.717, 1.165) is 0 Å². The Labute approximate surface area is 121 Å². The molecule has 0 radical (unpaired) electrons. The summed E-state index contributed by atoms with van der Waals surface area (Å²) in [6.45, 7) is 1.19. The molecule has 0 aromatic carbocycles. The second kappa shape index (κ2) is 5.80. The van der Waals surface area contributed by atoms with Crippen LogP contribution in [0.5, 0.6) is 0 Å². The number of Topliss-reactive ketones (excluding diaryl/α,β-unsaturated/α-hetero) is 1. The summed E-state index contributed by atoms with van der Waals surface area (Å²) < 4.78 is 51.8. The molecule has 112 valence electrons. The molecule has 0 fully saturated rings. The summed E-state index contributed by atoms with van der Waals surface area (Å²) in [7, 11) is 0. The van der Waals surface area contributed by atoms with Crippen molar-refractivity contribution in [1.82, 2.24) is 14.8 Å². The van der Waals surface area contributed by atoms with Gasteiger partial charge in [0.1, 0.15) is 16.5 Å².